The molecule has 0 saturated heterocycles. The first kappa shape index (κ1) is 19.1. The van der Waals surface area contributed by atoms with Crippen LogP contribution < -0.4 is 10.1 Å². The van der Waals surface area contributed by atoms with Gasteiger partial charge in [0.15, 0.2) is 11.5 Å². The van der Waals surface area contributed by atoms with Crippen molar-refractivity contribution in [2.75, 3.05) is 12.4 Å². The van der Waals surface area contributed by atoms with E-state index in [-0.39, 0.29) is 11.7 Å². The lowest BCUT2D eigenvalue weighted by molar-refractivity contribution is -0.143. The molecule has 1 amide bonds. The number of ether oxygens (including phenoxy) is 1. The molecular weight excluding hydrogens is 478 g/mol. The van der Waals surface area contributed by atoms with Crippen LogP contribution in [0.4, 0.5) is 18.9 Å². The van der Waals surface area contributed by atoms with E-state index < -0.39 is 23.3 Å². The molecule has 140 valence electrons. The fourth-order valence-corrected chi connectivity index (χ4v) is 2.80. The Bertz CT molecular complexity index is 973. The van der Waals surface area contributed by atoms with E-state index in [2.05, 4.69) is 20.6 Å². The number of amides is 1. The van der Waals surface area contributed by atoms with Gasteiger partial charge in [0.2, 0.25) is 5.88 Å². The summed E-state index contributed by atoms with van der Waals surface area (Å²) >= 11 is 2.03. The molecule has 2 aromatic heterocycles. The van der Waals surface area contributed by atoms with Gasteiger partial charge in [-0.25, -0.2) is 4.68 Å². The molecule has 3 aromatic rings. The Morgan fingerprint density at radius 3 is 2.59 bits per heavy atom. The monoisotopic (exact) mass is 489 g/mol. The fraction of sp³-hybridized carbons (Fsp3) is 0.125. The number of anilines is 1. The molecule has 0 fully saturated rings. The Balaban J connectivity index is 2.00. The van der Waals surface area contributed by atoms with Crippen LogP contribution in [0.3, 0.4) is 0 Å². The SMILES string of the molecule is COc1ccc(-n2ncc(C(=O)Nc3cccc(I)c3)c2C(F)(F)F)nn1. The van der Waals surface area contributed by atoms with E-state index in [0.717, 1.165) is 9.77 Å². The van der Waals surface area contributed by atoms with Crippen LogP contribution in [0, 0.1) is 3.57 Å². The summed E-state index contributed by atoms with van der Waals surface area (Å²) in [5.74, 6) is -0.996. The minimum Gasteiger partial charge on any atom is -0.480 e. The molecule has 0 unspecified atom stereocenters. The third kappa shape index (κ3) is 4.18. The van der Waals surface area contributed by atoms with E-state index in [4.69, 9.17) is 4.74 Å². The van der Waals surface area contributed by atoms with Crippen LogP contribution in [0.1, 0.15) is 16.1 Å². The van der Waals surface area contributed by atoms with E-state index in [1.807, 2.05) is 22.6 Å². The summed E-state index contributed by atoms with van der Waals surface area (Å²) in [6.07, 6.45) is -3.99. The van der Waals surface area contributed by atoms with Gasteiger partial charge in [-0.3, -0.25) is 4.79 Å². The number of methoxy groups -OCH3 is 1. The van der Waals surface area contributed by atoms with Crippen LogP contribution in [-0.2, 0) is 6.18 Å². The van der Waals surface area contributed by atoms with Crippen molar-refractivity contribution in [3.63, 3.8) is 0 Å². The van der Waals surface area contributed by atoms with Crippen LogP contribution >= 0.6 is 22.6 Å². The number of halogens is 4. The summed E-state index contributed by atoms with van der Waals surface area (Å²) in [7, 11) is 1.35. The van der Waals surface area contributed by atoms with Gasteiger partial charge in [0.1, 0.15) is 0 Å². The highest BCUT2D eigenvalue weighted by molar-refractivity contribution is 14.1. The smallest absolute Gasteiger partial charge is 0.434 e. The van der Waals surface area contributed by atoms with Gasteiger partial charge in [-0.15, -0.1) is 10.2 Å². The van der Waals surface area contributed by atoms with Crippen molar-refractivity contribution in [3.05, 3.63) is 57.4 Å². The van der Waals surface area contributed by atoms with Gasteiger partial charge in [0.25, 0.3) is 5.91 Å². The first-order chi connectivity index (χ1) is 12.8. The Hall–Kier alpha value is -2.70. The minimum atomic E-state index is -4.84. The quantitative estimate of drug-likeness (QED) is 0.568. The van der Waals surface area contributed by atoms with Gasteiger partial charge >= 0.3 is 6.18 Å². The maximum atomic E-state index is 13.6. The summed E-state index contributed by atoms with van der Waals surface area (Å²) < 4.78 is 47.0. The third-order valence-electron chi connectivity index (χ3n) is 3.42. The largest absolute Gasteiger partial charge is 0.480 e. The highest BCUT2D eigenvalue weighted by Gasteiger charge is 2.41. The van der Waals surface area contributed by atoms with Gasteiger partial charge in [0.05, 0.1) is 18.9 Å². The van der Waals surface area contributed by atoms with Crippen LogP contribution in [0.15, 0.2) is 42.6 Å². The van der Waals surface area contributed by atoms with Crippen LogP contribution in [-0.4, -0.2) is 33.0 Å². The zero-order valence-electron chi connectivity index (χ0n) is 13.7. The van der Waals surface area contributed by atoms with Crippen LogP contribution in [0.5, 0.6) is 5.88 Å². The summed E-state index contributed by atoms with van der Waals surface area (Å²) in [5.41, 5.74) is -1.50. The van der Waals surface area contributed by atoms with E-state index in [9.17, 15) is 18.0 Å². The Labute approximate surface area is 164 Å². The first-order valence-corrected chi connectivity index (χ1v) is 8.47. The lowest BCUT2D eigenvalue weighted by Gasteiger charge is -2.12. The van der Waals surface area contributed by atoms with Crippen molar-refractivity contribution >= 4 is 34.2 Å². The highest BCUT2D eigenvalue weighted by atomic mass is 127. The second-order valence-electron chi connectivity index (χ2n) is 5.21. The normalized spacial score (nSPS) is 11.3. The molecule has 0 radical (unpaired) electrons. The topological polar surface area (TPSA) is 81.9 Å². The van der Waals surface area contributed by atoms with E-state index in [0.29, 0.717) is 10.4 Å². The predicted octanol–water partition coefficient (Wildman–Crippen LogP) is 3.55. The molecule has 0 spiro atoms. The molecule has 0 aliphatic rings. The van der Waals surface area contributed by atoms with Crippen molar-refractivity contribution in [3.8, 4) is 11.7 Å². The minimum absolute atomic E-state index is 0.135. The van der Waals surface area contributed by atoms with Crippen LogP contribution in [0.2, 0.25) is 0 Å². The molecule has 0 atom stereocenters. The number of aromatic nitrogens is 4. The number of nitrogens with zero attached hydrogens (tertiary/aromatic N) is 4. The number of benzene rings is 1. The second-order valence-corrected chi connectivity index (χ2v) is 6.46. The number of rotatable bonds is 4. The number of nitrogens with one attached hydrogen (secondary N) is 1. The molecule has 0 aliphatic heterocycles. The Morgan fingerprint density at radius 2 is 2.00 bits per heavy atom. The number of carbonyl (C=O) groups excluding carboxylic acids is 1. The number of hydrogen-bond acceptors (Lipinski definition) is 5. The molecule has 11 heteroatoms. The first-order valence-electron chi connectivity index (χ1n) is 7.40. The highest BCUT2D eigenvalue weighted by Crippen LogP contribution is 2.33. The molecule has 0 bridgehead atoms. The number of alkyl halides is 3. The van der Waals surface area contributed by atoms with Crippen molar-refractivity contribution in [2.24, 2.45) is 0 Å². The van der Waals surface area contributed by atoms with Crippen molar-refractivity contribution in [1.29, 1.82) is 0 Å². The lowest BCUT2D eigenvalue weighted by Crippen LogP contribution is -2.21. The van der Waals surface area contributed by atoms with Gasteiger partial charge in [-0.1, -0.05) is 6.07 Å². The summed E-state index contributed by atoms with van der Waals surface area (Å²) in [6, 6.07) is 9.28. The lowest BCUT2D eigenvalue weighted by atomic mass is 10.2. The molecule has 1 N–H and O–H groups in total. The van der Waals surface area contributed by atoms with Crippen molar-refractivity contribution < 1.29 is 22.7 Å². The molecule has 27 heavy (non-hydrogen) atoms. The van der Waals surface area contributed by atoms with E-state index in [1.54, 1.807) is 24.3 Å². The van der Waals surface area contributed by atoms with Crippen molar-refractivity contribution in [2.45, 2.75) is 6.18 Å². The van der Waals surface area contributed by atoms with Gasteiger partial charge < -0.3 is 10.1 Å². The zero-order valence-corrected chi connectivity index (χ0v) is 15.8. The average molecular weight is 489 g/mol. The van der Waals surface area contributed by atoms with Gasteiger partial charge in [0, 0.05) is 15.3 Å². The molecule has 2 heterocycles. The second kappa shape index (κ2) is 7.50. The summed E-state index contributed by atoms with van der Waals surface area (Å²) in [4.78, 5) is 12.4. The maximum Gasteiger partial charge on any atom is 0.434 e. The van der Waals surface area contributed by atoms with Crippen LogP contribution in [0.25, 0.3) is 5.82 Å². The fourth-order valence-electron chi connectivity index (χ4n) is 2.26. The Kier molecular flexibility index (Phi) is 5.30. The molecule has 1 aromatic carbocycles. The van der Waals surface area contributed by atoms with Gasteiger partial charge in [-0.05, 0) is 46.9 Å². The van der Waals surface area contributed by atoms with E-state index >= 15 is 0 Å². The third-order valence-corrected chi connectivity index (χ3v) is 4.09. The van der Waals surface area contributed by atoms with Gasteiger partial charge in [-0.2, -0.15) is 18.3 Å². The van der Waals surface area contributed by atoms with Crippen molar-refractivity contribution in [1.82, 2.24) is 20.0 Å². The molecular formula is C16H11F3IN5O2. The summed E-state index contributed by atoms with van der Waals surface area (Å²) in [6.45, 7) is 0. The Morgan fingerprint density at radius 1 is 1.22 bits per heavy atom. The molecule has 3 rings (SSSR count). The van der Waals surface area contributed by atoms with E-state index in [1.165, 1.54) is 19.2 Å². The zero-order chi connectivity index (χ0) is 19.6. The maximum absolute atomic E-state index is 13.6. The molecule has 7 nitrogen and oxygen atoms in total. The number of hydrogen-bond donors (Lipinski definition) is 1. The molecule has 0 aliphatic carbocycles. The number of carbonyl (C=O) groups is 1. The molecule has 0 saturated carbocycles. The standard InChI is InChI=1S/C16H11F3IN5O2/c1-27-13-6-5-12(23-24-13)25-14(16(17,18)19)11(8-21-25)15(26)22-10-4-2-3-9(20)7-10/h2-8H,1H3,(H,22,26). The average Bonchev–Trinajstić information content (AvgIpc) is 3.07. The summed E-state index contributed by atoms with van der Waals surface area (Å²) in [5, 5.41) is 13.4. The predicted molar refractivity (Wildman–Crippen MR) is 97.8 cm³/mol.